The van der Waals surface area contributed by atoms with Crippen LogP contribution in [0.5, 0.6) is 0 Å². The number of hydrogen-bond donors (Lipinski definition) is 1. The van der Waals surface area contributed by atoms with Gasteiger partial charge in [0.2, 0.25) is 0 Å². The van der Waals surface area contributed by atoms with Gasteiger partial charge in [-0.25, -0.2) is 0 Å². The van der Waals surface area contributed by atoms with Crippen molar-refractivity contribution in [1.82, 2.24) is 14.3 Å². The molecule has 0 bridgehead atoms. The van der Waals surface area contributed by atoms with Crippen LogP contribution in [-0.2, 0) is 13.1 Å². The molecule has 16 heavy (non-hydrogen) atoms. The molecule has 2 heterocycles. The molecule has 0 aliphatic rings. The van der Waals surface area contributed by atoms with Gasteiger partial charge in [0.25, 0.3) is 5.56 Å². The summed E-state index contributed by atoms with van der Waals surface area (Å²) in [7, 11) is 0. The second-order valence-electron chi connectivity index (χ2n) is 3.42. The maximum Gasteiger partial charge on any atom is 0.250 e. The molecule has 0 unspecified atom stereocenters. The molecule has 0 radical (unpaired) electrons. The third-order valence-corrected chi connectivity index (χ3v) is 2.64. The Labute approximate surface area is 101 Å². The van der Waals surface area contributed by atoms with Crippen LogP contribution in [0.2, 0.25) is 0 Å². The molecular formula is C10H11BrN4O. The van der Waals surface area contributed by atoms with E-state index in [1.54, 1.807) is 33.9 Å². The minimum absolute atomic E-state index is 0.0247. The number of nitrogens with zero attached hydrogens (tertiary/aromatic N) is 3. The van der Waals surface area contributed by atoms with E-state index in [4.69, 9.17) is 5.73 Å². The smallest absolute Gasteiger partial charge is 0.250 e. The second kappa shape index (κ2) is 4.52. The topological polar surface area (TPSA) is 65.8 Å². The third kappa shape index (κ3) is 2.52. The first kappa shape index (κ1) is 10.9. The molecule has 2 N–H and O–H groups in total. The van der Waals surface area contributed by atoms with Crippen molar-refractivity contribution in [2.45, 2.75) is 13.1 Å². The largest absolute Gasteiger partial charge is 0.396 e. The molecule has 0 fully saturated rings. The molecule has 2 rings (SSSR count). The van der Waals surface area contributed by atoms with E-state index in [1.165, 1.54) is 6.07 Å². The summed E-state index contributed by atoms with van der Waals surface area (Å²) in [4.78, 5) is 11.5. The van der Waals surface area contributed by atoms with Crippen LogP contribution in [0.25, 0.3) is 0 Å². The zero-order chi connectivity index (χ0) is 11.5. The third-order valence-electron chi connectivity index (χ3n) is 2.17. The maximum atomic E-state index is 11.5. The van der Waals surface area contributed by atoms with Gasteiger partial charge < -0.3 is 10.3 Å². The quantitative estimate of drug-likeness (QED) is 0.917. The van der Waals surface area contributed by atoms with E-state index < -0.39 is 0 Å². The Morgan fingerprint density at radius 1 is 1.31 bits per heavy atom. The van der Waals surface area contributed by atoms with Gasteiger partial charge in [-0.15, -0.1) is 0 Å². The minimum atomic E-state index is -0.0247. The summed E-state index contributed by atoms with van der Waals surface area (Å²) in [6.07, 6.45) is 5.09. The normalized spacial score (nSPS) is 10.6. The Kier molecular flexibility index (Phi) is 3.09. The number of rotatable bonds is 3. The van der Waals surface area contributed by atoms with E-state index in [2.05, 4.69) is 21.0 Å². The van der Waals surface area contributed by atoms with Crippen molar-refractivity contribution in [3.63, 3.8) is 0 Å². The van der Waals surface area contributed by atoms with Gasteiger partial charge in [0.1, 0.15) is 0 Å². The highest BCUT2D eigenvalue weighted by molar-refractivity contribution is 9.10. The van der Waals surface area contributed by atoms with E-state index in [-0.39, 0.29) is 5.56 Å². The van der Waals surface area contributed by atoms with Crippen molar-refractivity contribution in [1.29, 1.82) is 0 Å². The molecule has 0 saturated heterocycles. The molecule has 0 aromatic carbocycles. The Morgan fingerprint density at radius 3 is 2.81 bits per heavy atom. The second-order valence-corrected chi connectivity index (χ2v) is 4.33. The number of nitrogens with two attached hydrogens (primary N) is 1. The van der Waals surface area contributed by atoms with E-state index in [0.717, 1.165) is 4.47 Å². The number of anilines is 1. The molecular weight excluding hydrogens is 272 g/mol. The number of aromatic nitrogens is 3. The van der Waals surface area contributed by atoms with Gasteiger partial charge in [-0.05, 0) is 22.0 Å². The number of aryl methyl sites for hydroxylation is 2. The fourth-order valence-corrected chi connectivity index (χ4v) is 1.77. The van der Waals surface area contributed by atoms with Gasteiger partial charge in [-0.3, -0.25) is 9.48 Å². The highest BCUT2D eigenvalue weighted by atomic mass is 79.9. The van der Waals surface area contributed by atoms with Crippen LogP contribution in [0.3, 0.4) is 0 Å². The van der Waals surface area contributed by atoms with E-state index in [9.17, 15) is 4.79 Å². The lowest BCUT2D eigenvalue weighted by molar-refractivity contribution is 0.523. The predicted octanol–water partition coefficient (Wildman–Crippen LogP) is 1.09. The van der Waals surface area contributed by atoms with Gasteiger partial charge in [0, 0.05) is 29.5 Å². The highest BCUT2D eigenvalue weighted by Crippen LogP contribution is 2.05. The summed E-state index contributed by atoms with van der Waals surface area (Å²) < 4.78 is 4.22. The van der Waals surface area contributed by atoms with Gasteiger partial charge >= 0.3 is 0 Å². The summed E-state index contributed by atoms with van der Waals surface area (Å²) in [5, 5.41) is 4.05. The SMILES string of the molecule is Nc1cnn(CCn2cc(Br)ccc2=O)c1. The molecule has 2 aromatic heterocycles. The first-order valence-corrected chi connectivity index (χ1v) is 5.58. The number of hydrogen-bond acceptors (Lipinski definition) is 3. The van der Waals surface area contributed by atoms with Crippen LogP contribution < -0.4 is 11.3 Å². The molecule has 0 atom stereocenters. The Bertz CT molecular complexity index is 546. The standard InChI is InChI=1S/C10H11BrN4O/c11-8-1-2-10(16)14(6-8)3-4-15-7-9(12)5-13-15/h1-2,5-7H,3-4,12H2. The van der Waals surface area contributed by atoms with Crippen LogP contribution in [0.15, 0.2) is 40.0 Å². The summed E-state index contributed by atoms with van der Waals surface area (Å²) in [5.41, 5.74) is 6.14. The molecule has 5 nitrogen and oxygen atoms in total. The van der Waals surface area contributed by atoms with Crippen LogP contribution in [-0.4, -0.2) is 14.3 Å². The molecule has 0 aliphatic heterocycles. The Hall–Kier alpha value is -1.56. The van der Waals surface area contributed by atoms with Crippen molar-refractivity contribution in [3.8, 4) is 0 Å². The van der Waals surface area contributed by atoms with Crippen LogP contribution in [0, 0.1) is 0 Å². The van der Waals surface area contributed by atoms with Gasteiger partial charge in [-0.1, -0.05) is 0 Å². The zero-order valence-corrected chi connectivity index (χ0v) is 10.1. The average molecular weight is 283 g/mol. The van der Waals surface area contributed by atoms with Crippen molar-refractivity contribution >= 4 is 21.6 Å². The fraction of sp³-hybridized carbons (Fsp3) is 0.200. The first-order valence-electron chi connectivity index (χ1n) is 4.79. The molecule has 0 amide bonds. The number of nitrogen functional groups attached to an aromatic ring is 1. The van der Waals surface area contributed by atoms with E-state index in [1.807, 2.05) is 0 Å². The van der Waals surface area contributed by atoms with Crippen LogP contribution >= 0.6 is 15.9 Å². The summed E-state index contributed by atoms with van der Waals surface area (Å²) in [5.74, 6) is 0. The van der Waals surface area contributed by atoms with Crippen LogP contribution in [0.1, 0.15) is 0 Å². The molecule has 0 aliphatic carbocycles. The fourth-order valence-electron chi connectivity index (χ4n) is 1.39. The summed E-state index contributed by atoms with van der Waals surface area (Å²) in [6.45, 7) is 1.19. The summed E-state index contributed by atoms with van der Waals surface area (Å²) >= 11 is 3.32. The molecule has 0 spiro atoms. The van der Waals surface area contributed by atoms with Gasteiger partial charge in [-0.2, -0.15) is 5.10 Å². The van der Waals surface area contributed by atoms with Crippen molar-refractivity contribution in [2.75, 3.05) is 5.73 Å². The molecule has 0 saturated carbocycles. The van der Waals surface area contributed by atoms with E-state index >= 15 is 0 Å². The van der Waals surface area contributed by atoms with Gasteiger partial charge in [0.05, 0.1) is 18.4 Å². The molecule has 2 aromatic rings. The van der Waals surface area contributed by atoms with Crippen LogP contribution in [0.4, 0.5) is 5.69 Å². The molecule has 6 heteroatoms. The zero-order valence-electron chi connectivity index (χ0n) is 8.51. The first-order chi connectivity index (χ1) is 7.65. The Balaban J connectivity index is 2.10. The summed E-state index contributed by atoms with van der Waals surface area (Å²) in [6, 6.07) is 3.26. The highest BCUT2D eigenvalue weighted by Gasteiger charge is 1.98. The Morgan fingerprint density at radius 2 is 2.12 bits per heavy atom. The molecule has 84 valence electrons. The maximum absolute atomic E-state index is 11.5. The lowest BCUT2D eigenvalue weighted by Gasteiger charge is -2.05. The lowest BCUT2D eigenvalue weighted by atomic mass is 10.4. The number of halogens is 1. The van der Waals surface area contributed by atoms with Crippen molar-refractivity contribution in [3.05, 3.63) is 45.5 Å². The van der Waals surface area contributed by atoms with Crippen molar-refractivity contribution < 1.29 is 0 Å². The van der Waals surface area contributed by atoms with E-state index in [0.29, 0.717) is 18.8 Å². The predicted molar refractivity (Wildman–Crippen MR) is 65.0 cm³/mol. The van der Waals surface area contributed by atoms with Crippen molar-refractivity contribution in [2.24, 2.45) is 0 Å². The van der Waals surface area contributed by atoms with Gasteiger partial charge in [0.15, 0.2) is 0 Å². The minimum Gasteiger partial charge on any atom is -0.396 e. The number of pyridine rings is 1. The lowest BCUT2D eigenvalue weighted by Crippen LogP contribution is -2.21. The monoisotopic (exact) mass is 282 g/mol. The average Bonchev–Trinajstić information content (AvgIpc) is 2.66.